The Morgan fingerprint density at radius 1 is 1.30 bits per heavy atom. The van der Waals surface area contributed by atoms with E-state index in [9.17, 15) is 13.6 Å². The summed E-state index contributed by atoms with van der Waals surface area (Å²) in [6.07, 6.45) is 3.63. The fraction of sp³-hybridized carbons (Fsp3) is 0.533. The molecule has 1 aromatic carbocycles. The lowest BCUT2D eigenvalue weighted by Crippen LogP contribution is -2.32. The smallest absolute Gasteiger partial charge is 0.254 e. The topological polar surface area (TPSA) is 32.3 Å². The average Bonchev–Trinajstić information content (AvgIpc) is 3.18. The van der Waals surface area contributed by atoms with Crippen LogP contribution in [0.1, 0.15) is 29.6 Å². The highest BCUT2D eigenvalue weighted by atomic mass is 19.2. The first-order chi connectivity index (χ1) is 9.65. The molecular formula is C15H18F2N2O. The Labute approximate surface area is 117 Å². The largest absolute Gasteiger partial charge is 0.352 e. The van der Waals surface area contributed by atoms with Crippen LogP contribution in [0, 0.1) is 17.6 Å². The molecule has 1 saturated heterocycles. The highest BCUT2D eigenvalue weighted by Gasteiger charge is 2.34. The second kappa shape index (κ2) is 5.48. The zero-order chi connectivity index (χ0) is 14.1. The molecule has 1 unspecified atom stereocenters. The van der Waals surface area contributed by atoms with Gasteiger partial charge in [0.25, 0.3) is 5.91 Å². The first-order valence-electron chi connectivity index (χ1n) is 7.11. The first kappa shape index (κ1) is 13.5. The Morgan fingerprint density at radius 2 is 2.10 bits per heavy atom. The zero-order valence-corrected chi connectivity index (χ0v) is 11.2. The van der Waals surface area contributed by atoms with Crippen molar-refractivity contribution in [3.8, 4) is 0 Å². The predicted molar refractivity (Wildman–Crippen MR) is 71.4 cm³/mol. The van der Waals surface area contributed by atoms with Gasteiger partial charge in [-0.05, 0) is 43.9 Å². The molecule has 108 valence electrons. The highest BCUT2D eigenvalue weighted by molar-refractivity contribution is 5.94. The maximum absolute atomic E-state index is 13.5. The quantitative estimate of drug-likeness (QED) is 0.917. The molecule has 2 fully saturated rings. The van der Waals surface area contributed by atoms with Crippen LogP contribution < -0.4 is 5.32 Å². The highest BCUT2D eigenvalue weighted by Crippen LogP contribution is 2.31. The van der Waals surface area contributed by atoms with Crippen LogP contribution in [0.3, 0.4) is 0 Å². The number of likely N-dealkylation sites (tertiary alicyclic amines) is 1. The van der Waals surface area contributed by atoms with Crippen molar-refractivity contribution >= 4 is 5.91 Å². The van der Waals surface area contributed by atoms with E-state index in [0.717, 1.165) is 31.6 Å². The third-order valence-electron chi connectivity index (χ3n) is 4.13. The van der Waals surface area contributed by atoms with E-state index in [-0.39, 0.29) is 5.56 Å². The van der Waals surface area contributed by atoms with E-state index < -0.39 is 17.5 Å². The van der Waals surface area contributed by atoms with E-state index in [0.29, 0.717) is 12.5 Å². The molecule has 0 bridgehead atoms. The van der Waals surface area contributed by atoms with E-state index in [1.165, 1.54) is 25.0 Å². The fourth-order valence-corrected chi connectivity index (χ4v) is 2.81. The summed E-state index contributed by atoms with van der Waals surface area (Å²) in [6, 6.07) is 4.41. The molecule has 3 nitrogen and oxygen atoms in total. The van der Waals surface area contributed by atoms with Gasteiger partial charge in [-0.25, -0.2) is 8.78 Å². The van der Waals surface area contributed by atoms with Gasteiger partial charge < -0.3 is 10.2 Å². The first-order valence-corrected chi connectivity index (χ1v) is 7.11. The lowest BCUT2D eigenvalue weighted by molar-refractivity contribution is 0.0942. The summed E-state index contributed by atoms with van der Waals surface area (Å²) in [5, 5.41) is 2.72. The van der Waals surface area contributed by atoms with E-state index in [1.807, 2.05) is 0 Å². The molecule has 1 aromatic rings. The molecule has 5 heteroatoms. The number of hydrogen-bond acceptors (Lipinski definition) is 2. The van der Waals surface area contributed by atoms with Gasteiger partial charge in [0, 0.05) is 19.1 Å². The Morgan fingerprint density at radius 3 is 2.85 bits per heavy atom. The normalized spacial score (nSPS) is 23.0. The van der Waals surface area contributed by atoms with Crippen molar-refractivity contribution in [1.82, 2.24) is 10.2 Å². The standard InChI is InChI=1S/C15H18F2N2O/c16-13-3-1-2-12(14(13)17)15(20)18-8-10-6-7-19(9-10)11-4-5-11/h1-3,10-11H,4-9H2,(H,18,20). The Kier molecular flexibility index (Phi) is 3.70. The number of carbonyl (C=O) groups is 1. The second-order valence-electron chi connectivity index (χ2n) is 5.69. The summed E-state index contributed by atoms with van der Waals surface area (Å²) >= 11 is 0. The number of hydrogen-bond donors (Lipinski definition) is 1. The van der Waals surface area contributed by atoms with E-state index in [2.05, 4.69) is 10.2 Å². The van der Waals surface area contributed by atoms with Crippen LogP contribution >= 0.6 is 0 Å². The second-order valence-corrected chi connectivity index (χ2v) is 5.69. The van der Waals surface area contributed by atoms with Gasteiger partial charge in [-0.2, -0.15) is 0 Å². The fourth-order valence-electron chi connectivity index (χ4n) is 2.81. The average molecular weight is 280 g/mol. The molecule has 2 aliphatic rings. The minimum atomic E-state index is -1.07. The third-order valence-corrected chi connectivity index (χ3v) is 4.13. The van der Waals surface area contributed by atoms with Crippen molar-refractivity contribution in [1.29, 1.82) is 0 Å². The third kappa shape index (κ3) is 2.82. The number of nitrogens with one attached hydrogen (secondary N) is 1. The summed E-state index contributed by atoms with van der Waals surface area (Å²) in [5.74, 6) is -2.18. The van der Waals surface area contributed by atoms with Crippen molar-refractivity contribution in [2.24, 2.45) is 5.92 Å². The summed E-state index contributed by atoms with van der Waals surface area (Å²) in [4.78, 5) is 14.3. The molecule has 1 atom stereocenters. The van der Waals surface area contributed by atoms with Gasteiger partial charge in [0.2, 0.25) is 0 Å². The van der Waals surface area contributed by atoms with Crippen molar-refractivity contribution in [3.63, 3.8) is 0 Å². The molecule has 20 heavy (non-hydrogen) atoms. The lowest BCUT2D eigenvalue weighted by atomic mass is 10.1. The van der Waals surface area contributed by atoms with Gasteiger partial charge in [-0.3, -0.25) is 4.79 Å². The van der Waals surface area contributed by atoms with Crippen molar-refractivity contribution in [2.75, 3.05) is 19.6 Å². The molecule has 1 heterocycles. The molecule has 1 N–H and O–H groups in total. The monoisotopic (exact) mass is 280 g/mol. The number of rotatable bonds is 4. The predicted octanol–water partition coefficient (Wildman–Crippen LogP) is 2.18. The SMILES string of the molecule is O=C(NCC1CCN(C2CC2)C1)c1cccc(F)c1F. The van der Waals surface area contributed by atoms with Crippen LogP contribution in [0.2, 0.25) is 0 Å². The summed E-state index contributed by atoms with van der Waals surface area (Å²) in [7, 11) is 0. The van der Waals surface area contributed by atoms with Gasteiger partial charge in [-0.1, -0.05) is 6.07 Å². The molecule has 1 aliphatic carbocycles. The maximum atomic E-state index is 13.5. The van der Waals surface area contributed by atoms with Gasteiger partial charge in [0.05, 0.1) is 5.56 Å². The van der Waals surface area contributed by atoms with Gasteiger partial charge in [0.15, 0.2) is 11.6 Å². The van der Waals surface area contributed by atoms with Gasteiger partial charge in [0.1, 0.15) is 0 Å². The number of amides is 1. The summed E-state index contributed by atoms with van der Waals surface area (Å²) < 4.78 is 26.6. The molecule has 0 aromatic heterocycles. The number of benzene rings is 1. The van der Waals surface area contributed by atoms with Crippen molar-refractivity contribution < 1.29 is 13.6 Å². The number of carbonyl (C=O) groups excluding carboxylic acids is 1. The van der Waals surface area contributed by atoms with Crippen LogP contribution in [0.15, 0.2) is 18.2 Å². The van der Waals surface area contributed by atoms with Gasteiger partial charge in [-0.15, -0.1) is 0 Å². The molecule has 1 amide bonds. The molecule has 1 aliphatic heterocycles. The molecule has 1 saturated carbocycles. The minimum Gasteiger partial charge on any atom is -0.352 e. The van der Waals surface area contributed by atoms with Crippen LogP contribution in [-0.2, 0) is 0 Å². The van der Waals surface area contributed by atoms with E-state index in [4.69, 9.17) is 0 Å². The Bertz CT molecular complexity index is 517. The minimum absolute atomic E-state index is 0.220. The maximum Gasteiger partial charge on any atom is 0.254 e. The molecule has 3 rings (SSSR count). The van der Waals surface area contributed by atoms with Crippen LogP contribution in [-0.4, -0.2) is 36.5 Å². The van der Waals surface area contributed by atoms with Gasteiger partial charge >= 0.3 is 0 Å². The number of halogens is 2. The van der Waals surface area contributed by atoms with E-state index >= 15 is 0 Å². The molecule has 0 spiro atoms. The van der Waals surface area contributed by atoms with Crippen LogP contribution in [0.5, 0.6) is 0 Å². The van der Waals surface area contributed by atoms with Crippen LogP contribution in [0.25, 0.3) is 0 Å². The molecule has 0 radical (unpaired) electrons. The Balaban J connectivity index is 1.53. The molecular weight excluding hydrogens is 262 g/mol. The van der Waals surface area contributed by atoms with Crippen molar-refractivity contribution in [3.05, 3.63) is 35.4 Å². The summed E-state index contributed by atoms with van der Waals surface area (Å²) in [6.45, 7) is 2.61. The van der Waals surface area contributed by atoms with Crippen molar-refractivity contribution in [2.45, 2.75) is 25.3 Å². The number of nitrogens with zero attached hydrogens (tertiary/aromatic N) is 1. The summed E-state index contributed by atoms with van der Waals surface area (Å²) in [5.41, 5.74) is -0.220. The van der Waals surface area contributed by atoms with Crippen LogP contribution in [0.4, 0.5) is 8.78 Å². The Hall–Kier alpha value is -1.49. The van der Waals surface area contributed by atoms with E-state index in [1.54, 1.807) is 0 Å². The lowest BCUT2D eigenvalue weighted by Gasteiger charge is -2.15. The zero-order valence-electron chi connectivity index (χ0n) is 11.2.